The van der Waals surface area contributed by atoms with E-state index in [4.69, 9.17) is 4.98 Å². The molecule has 33 heavy (non-hydrogen) atoms. The first kappa shape index (κ1) is 21.1. The fraction of sp³-hybridized carbons (Fsp3) is 0.318. The molecule has 1 fully saturated rings. The molecule has 1 saturated heterocycles. The summed E-state index contributed by atoms with van der Waals surface area (Å²) in [6.07, 6.45) is 7.84. The van der Waals surface area contributed by atoms with E-state index >= 15 is 0 Å². The van der Waals surface area contributed by atoms with Crippen molar-refractivity contribution in [2.24, 2.45) is 0 Å². The summed E-state index contributed by atoms with van der Waals surface area (Å²) >= 11 is 0. The van der Waals surface area contributed by atoms with Crippen molar-refractivity contribution in [3.8, 4) is 23.0 Å². The number of nitrogens with zero attached hydrogens (tertiary/aromatic N) is 8. The third-order valence-electron chi connectivity index (χ3n) is 6.00. The smallest absolute Gasteiger partial charge is 0.237 e. The first-order valence-electron chi connectivity index (χ1n) is 10.3. The Bertz CT molecular complexity index is 1340. The van der Waals surface area contributed by atoms with Gasteiger partial charge in [-0.25, -0.2) is 23.1 Å². The molecule has 0 amide bonds. The van der Waals surface area contributed by atoms with Crippen LogP contribution in [0.15, 0.2) is 30.7 Å². The lowest BCUT2D eigenvalue weighted by Crippen LogP contribution is -2.39. The predicted molar refractivity (Wildman–Crippen MR) is 115 cm³/mol. The molecule has 4 aromatic rings. The number of imidazole rings is 1. The molecule has 0 N–H and O–H groups in total. The van der Waals surface area contributed by atoms with E-state index in [2.05, 4.69) is 25.1 Å². The average Bonchev–Trinajstić information content (AvgIpc) is 3.44. The van der Waals surface area contributed by atoms with Crippen molar-refractivity contribution in [2.75, 3.05) is 11.4 Å². The van der Waals surface area contributed by atoms with Gasteiger partial charge >= 0.3 is 0 Å². The maximum absolute atomic E-state index is 13.8. The van der Waals surface area contributed by atoms with Crippen molar-refractivity contribution < 1.29 is 13.2 Å². The maximum Gasteiger partial charge on any atom is 0.237 e. The van der Waals surface area contributed by atoms with Gasteiger partial charge in [-0.3, -0.25) is 9.13 Å². The topological polar surface area (TPSA) is 77.5 Å². The highest BCUT2D eigenvalue weighted by Crippen LogP contribution is 2.41. The Balaban J connectivity index is 0.00000228. The Morgan fingerprint density at radius 2 is 1.82 bits per heavy atom. The molecule has 8 nitrogen and oxygen atoms in total. The predicted octanol–water partition coefficient (Wildman–Crippen LogP) is 4.32. The highest BCUT2D eigenvalue weighted by molar-refractivity contribution is 5.64. The Morgan fingerprint density at radius 3 is 2.61 bits per heavy atom. The van der Waals surface area contributed by atoms with Crippen LogP contribution in [0.5, 0.6) is 0 Å². The van der Waals surface area contributed by atoms with Gasteiger partial charge < -0.3 is 4.90 Å². The summed E-state index contributed by atoms with van der Waals surface area (Å²) in [6.45, 7) is 2.71. The summed E-state index contributed by atoms with van der Waals surface area (Å²) in [4.78, 5) is 15.7. The number of aromatic nitrogens is 7. The molecule has 6 rings (SSSR count). The van der Waals surface area contributed by atoms with Gasteiger partial charge in [-0.2, -0.15) is 4.98 Å². The van der Waals surface area contributed by atoms with Crippen LogP contribution in [0.3, 0.4) is 0 Å². The van der Waals surface area contributed by atoms with Crippen molar-refractivity contribution in [1.29, 1.82) is 0 Å². The number of fused-ring (bicyclic) bond motifs is 6. The first-order chi connectivity index (χ1) is 15.5. The third-order valence-corrected chi connectivity index (χ3v) is 6.00. The Morgan fingerprint density at radius 1 is 1.03 bits per heavy atom. The number of hydrogen-bond acceptors (Lipinski definition) is 6. The number of aryl methyl sites for hydroxylation is 1. The number of rotatable bonds is 2. The molecule has 1 aromatic carbocycles. The minimum atomic E-state index is -1.52. The van der Waals surface area contributed by atoms with Crippen LogP contribution in [0.1, 0.15) is 44.4 Å². The molecular formula is C22H21F3N8. The quantitative estimate of drug-likeness (QED) is 0.420. The molecule has 0 radical (unpaired) electrons. The van der Waals surface area contributed by atoms with Crippen molar-refractivity contribution in [2.45, 2.75) is 39.7 Å². The highest BCUT2D eigenvalue weighted by Gasteiger charge is 2.37. The average molecular weight is 454 g/mol. The number of hydrogen-bond donors (Lipinski definition) is 0. The van der Waals surface area contributed by atoms with Gasteiger partial charge in [0.05, 0.1) is 12.2 Å². The minimum absolute atomic E-state index is 0. The van der Waals surface area contributed by atoms with Crippen LogP contribution in [0.4, 0.5) is 19.0 Å². The molecule has 0 bridgehead atoms. The number of anilines is 1. The number of piperidine rings is 1. The third kappa shape index (κ3) is 3.10. The van der Waals surface area contributed by atoms with Gasteiger partial charge in [-0.1, -0.05) is 7.43 Å². The summed E-state index contributed by atoms with van der Waals surface area (Å²) in [6, 6.07) is 1.88. The summed E-state index contributed by atoms with van der Waals surface area (Å²) < 4.78 is 44.6. The fourth-order valence-electron chi connectivity index (χ4n) is 4.55. The fourth-order valence-corrected chi connectivity index (χ4v) is 4.55. The second-order valence-electron chi connectivity index (χ2n) is 7.90. The molecule has 11 heteroatoms. The SMILES string of the molecule is C.Cc1nnc2n1-c1cnc(-n3ccnc3-c3cc(F)c(F)c(F)c3)nc1N1CCCCC21. The Labute approximate surface area is 187 Å². The van der Waals surface area contributed by atoms with E-state index in [0.29, 0.717) is 5.95 Å². The van der Waals surface area contributed by atoms with Crippen molar-refractivity contribution in [3.05, 3.63) is 59.8 Å². The van der Waals surface area contributed by atoms with Crippen LogP contribution in [0, 0.1) is 24.4 Å². The zero-order valence-corrected chi connectivity index (χ0v) is 17.0. The summed E-state index contributed by atoms with van der Waals surface area (Å²) in [5.41, 5.74) is 0.866. The molecule has 2 aliphatic rings. The van der Waals surface area contributed by atoms with Crippen LogP contribution >= 0.6 is 0 Å². The second-order valence-corrected chi connectivity index (χ2v) is 7.90. The lowest BCUT2D eigenvalue weighted by atomic mass is 9.99. The van der Waals surface area contributed by atoms with E-state index in [9.17, 15) is 13.2 Å². The molecule has 0 spiro atoms. The molecule has 1 atom stereocenters. The van der Waals surface area contributed by atoms with Crippen LogP contribution in [0.2, 0.25) is 0 Å². The summed E-state index contributed by atoms with van der Waals surface area (Å²) in [5.74, 6) is -1.22. The van der Waals surface area contributed by atoms with Crippen LogP contribution < -0.4 is 4.90 Å². The van der Waals surface area contributed by atoms with Crippen molar-refractivity contribution >= 4 is 5.82 Å². The normalized spacial score (nSPS) is 16.6. The molecule has 1 unspecified atom stereocenters. The number of halogens is 3. The second kappa shape index (κ2) is 7.68. The van der Waals surface area contributed by atoms with Crippen LogP contribution in [0.25, 0.3) is 23.0 Å². The molecule has 5 heterocycles. The van der Waals surface area contributed by atoms with Gasteiger partial charge in [0.1, 0.15) is 17.3 Å². The van der Waals surface area contributed by atoms with Gasteiger partial charge in [-0.05, 0) is 38.3 Å². The Kier molecular flexibility index (Phi) is 4.91. The molecular weight excluding hydrogens is 433 g/mol. The van der Waals surface area contributed by atoms with Crippen molar-refractivity contribution in [1.82, 2.24) is 34.3 Å². The summed E-state index contributed by atoms with van der Waals surface area (Å²) in [7, 11) is 0. The van der Waals surface area contributed by atoms with Gasteiger partial charge in [0.15, 0.2) is 29.1 Å². The van der Waals surface area contributed by atoms with E-state index in [1.54, 1.807) is 12.4 Å². The van der Waals surface area contributed by atoms with Gasteiger partial charge in [-0.15, -0.1) is 10.2 Å². The van der Waals surface area contributed by atoms with Gasteiger partial charge in [0, 0.05) is 24.5 Å². The van der Waals surface area contributed by atoms with E-state index in [1.165, 1.54) is 10.8 Å². The van der Waals surface area contributed by atoms with Gasteiger partial charge in [0.25, 0.3) is 0 Å². The lowest BCUT2D eigenvalue weighted by molar-refractivity contribution is 0.436. The molecule has 0 saturated carbocycles. The van der Waals surface area contributed by atoms with Crippen LogP contribution in [-0.2, 0) is 0 Å². The standard InChI is InChI=1S/C21H17F3N8.CH4/c1-11-28-29-20-15-4-2-3-6-30(15)19-16(32(11)20)10-26-21(27-19)31-7-5-25-18(31)12-8-13(22)17(24)14(23)9-12;/h5,7-10,15H,2-4,6H2,1H3;1H4. The monoisotopic (exact) mass is 454 g/mol. The highest BCUT2D eigenvalue weighted by atomic mass is 19.2. The first-order valence-corrected chi connectivity index (χ1v) is 10.3. The number of benzene rings is 1. The van der Waals surface area contributed by atoms with Gasteiger partial charge in [0.2, 0.25) is 5.95 Å². The summed E-state index contributed by atoms with van der Waals surface area (Å²) in [5, 5.41) is 8.64. The zero-order valence-electron chi connectivity index (χ0n) is 17.0. The largest absolute Gasteiger partial charge is 0.344 e. The minimum Gasteiger partial charge on any atom is -0.344 e. The van der Waals surface area contributed by atoms with Crippen LogP contribution in [-0.4, -0.2) is 40.8 Å². The molecule has 2 aliphatic heterocycles. The van der Waals surface area contributed by atoms with E-state index in [-0.39, 0.29) is 24.9 Å². The lowest BCUT2D eigenvalue weighted by Gasteiger charge is -2.40. The molecule has 3 aromatic heterocycles. The van der Waals surface area contributed by atoms with Crippen molar-refractivity contribution in [3.63, 3.8) is 0 Å². The van der Waals surface area contributed by atoms with E-state index in [1.807, 2.05) is 11.5 Å². The Hall–Kier alpha value is -3.76. The molecule has 170 valence electrons. The molecule has 0 aliphatic carbocycles. The van der Waals surface area contributed by atoms with E-state index < -0.39 is 17.5 Å². The maximum atomic E-state index is 13.8. The zero-order chi connectivity index (χ0) is 22.0. The van der Waals surface area contributed by atoms with E-state index in [0.717, 1.165) is 61.1 Å².